The van der Waals surface area contributed by atoms with Gasteiger partial charge >= 0.3 is 5.97 Å². The fourth-order valence-corrected chi connectivity index (χ4v) is 2.82. The summed E-state index contributed by atoms with van der Waals surface area (Å²) in [7, 11) is 2.08. The second kappa shape index (κ2) is 5.69. The van der Waals surface area contributed by atoms with E-state index in [0.717, 1.165) is 19.5 Å². The van der Waals surface area contributed by atoms with Crippen molar-refractivity contribution in [1.29, 1.82) is 0 Å². The van der Waals surface area contributed by atoms with Crippen LogP contribution >= 0.6 is 12.4 Å². The molecule has 1 heterocycles. The molecule has 1 aliphatic carbocycles. The minimum absolute atomic E-state index is 0. The minimum atomic E-state index is -0.690. The van der Waals surface area contributed by atoms with Crippen LogP contribution in [0.3, 0.4) is 0 Å². The van der Waals surface area contributed by atoms with Crippen molar-refractivity contribution >= 4 is 18.4 Å². The largest absolute Gasteiger partial charge is 0.478 e. The Labute approximate surface area is 103 Å². The number of carboxylic acid groups (broad SMARTS) is 1. The van der Waals surface area contributed by atoms with Crippen molar-refractivity contribution in [3.8, 4) is 0 Å². The van der Waals surface area contributed by atoms with Crippen LogP contribution in [0.15, 0.2) is 11.1 Å². The van der Waals surface area contributed by atoms with Crippen LogP contribution in [0.2, 0.25) is 0 Å². The first-order chi connectivity index (χ1) is 7.18. The van der Waals surface area contributed by atoms with Gasteiger partial charge in [-0.2, -0.15) is 0 Å². The molecule has 0 amide bonds. The summed E-state index contributed by atoms with van der Waals surface area (Å²) >= 11 is 0. The standard InChI is InChI=1S/C12H19NO2.ClH/c1-13-7-6-10(12(14)15)11(8-13)9-4-2-3-5-9;/h9H,2-8H2,1H3,(H,14,15);1H. The maximum atomic E-state index is 11.2. The summed E-state index contributed by atoms with van der Waals surface area (Å²) in [5.41, 5.74) is 1.92. The van der Waals surface area contributed by atoms with Gasteiger partial charge in [0.05, 0.1) is 0 Å². The Morgan fingerprint density at radius 2 is 2.00 bits per heavy atom. The number of rotatable bonds is 2. The minimum Gasteiger partial charge on any atom is -0.478 e. The quantitative estimate of drug-likeness (QED) is 0.812. The molecule has 0 atom stereocenters. The molecule has 2 aliphatic rings. The van der Waals surface area contributed by atoms with Gasteiger partial charge in [0.25, 0.3) is 0 Å². The van der Waals surface area contributed by atoms with Crippen LogP contribution in [0.25, 0.3) is 0 Å². The number of carbonyl (C=O) groups is 1. The third-order valence-corrected chi connectivity index (χ3v) is 3.68. The van der Waals surface area contributed by atoms with Gasteiger partial charge in [-0.25, -0.2) is 4.79 Å². The zero-order valence-electron chi connectivity index (χ0n) is 9.74. The van der Waals surface area contributed by atoms with E-state index in [1.54, 1.807) is 0 Å². The summed E-state index contributed by atoms with van der Waals surface area (Å²) in [6, 6.07) is 0. The van der Waals surface area contributed by atoms with Crippen LogP contribution in [-0.4, -0.2) is 36.1 Å². The molecule has 0 spiro atoms. The van der Waals surface area contributed by atoms with Gasteiger partial charge in [-0.1, -0.05) is 12.8 Å². The fraction of sp³-hybridized carbons (Fsp3) is 0.750. The molecular weight excluding hydrogens is 226 g/mol. The van der Waals surface area contributed by atoms with Gasteiger partial charge in [0.2, 0.25) is 0 Å². The van der Waals surface area contributed by atoms with Gasteiger partial charge in [0, 0.05) is 18.7 Å². The topological polar surface area (TPSA) is 40.5 Å². The molecule has 0 aromatic carbocycles. The van der Waals surface area contributed by atoms with Gasteiger partial charge in [-0.05, 0) is 37.8 Å². The molecular formula is C12H20ClNO2. The lowest BCUT2D eigenvalue weighted by Crippen LogP contribution is -2.32. The first-order valence-electron chi connectivity index (χ1n) is 5.82. The molecule has 2 rings (SSSR count). The van der Waals surface area contributed by atoms with Crippen molar-refractivity contribution < 1.29 is 9.90 Å². The van der Waals surface area contributed by atoms with Gasteiger partial charge < -0.3 is 10.0 Å². The maximum Gasteiger partial charge on any atom is 0.331 e. The Morgan fingerprint density at radius 1 is 1.38 bits per heavy atom. The third-order valence-electron chi connectivity index (χ3n) is 3.68. The summed E-state index contributed by atoms with van der Waals surface area (Å²) in [5.74, 6) is -0.135. The molecule has 0 aromatic rings. The van der Waals surface area contributed by atoms with Crippen molar-refractivity contribution in [1.82, 2.24) is 4.90 Å². The van der Waals surface area contributed by atoms with Gasteiger partial charge in [-0.3, -0.25) is 0 Å². The Bertz CT molecular complexity index is 295. The van der Waals surface area contributed by atoms with Crippen molar-refractivity contribution in [2.24, 2.45) is 5.92 Å². The van der Waals surface area contributed by atoms with Crippen molar-refractivity contribution in [3.63, 3.8) is 0 Å². The van der Waals surface area contributed by atoms with E-state index in [1.165, 1.54) is 31.3 Å². The lowest BCUT2D eigenvalue weighted by atomic mass is 9.88. The van der Waals surface area contributed by atoms with E-state index in [2.05, 4.69) is 11.9 Å². The van der Waals surface area contributed by atoms with E-state index in [0.29, 0.717) is 11.5 Å². The van der Waals surface area contributed by atoms with E-state index in [-0.39, 0.29) is 12.4 Å². The highest BCUT2D eigenvalue weighted by atomic mass is 35.5. The molecule has 0 saturated heterocycles. The first-order valence-corrected chi connectivity index (χ1v) is 5.82. The summed E-state index contributed by atoms with van der Waals surface area (Å²) < 4.78 is 0. The molecule has 0 aromatic heterocycles. The van der Waals surface area contributed by atoms with E-state index in [1.807, 2.05) is 0 Å². The predicted molar refractivity (Wildman–Crippen MR) is 66.0 cm³/mol. The summed E-state index contributed by atoms with van der Waals surface area (Å²) in [4.78, 5) is 13.4. The highest BCUT2D eigenvalue weighted by Gasteiger charge is 2.28. The molecule has 1 aliphatic heterocycles. The maximum absolute atomic E-state index is 11.2. The molecule has 3 nitrogen and oxygen atoms in total. The van der Waals surface area contributed by atoms with E-state index in [4.69, 9.17) is 0 Å². The van der Waals surface area contributed by atoms with Crippen LogP contribution in [0.1, 0.15) is 32.1 Å². The third kappa shape index (κ3) is 2.77. The van der Waals surface area contributed by atoms with Gasteiger partial charge in [0.15, 0.2) is 0 Å². The molecule has 0 bridgehead atoms. The average molecular weight is 246 g/mol. The Balaban J connectivity index is 0.00000128. The number of halogens is 1. The fourth-order valence-electron chi connectivity index (χ4n) is 2.82. The summed E-state index contributed by atoms with van der Waals surface area (Å²) in [6.45, 7) is 1.75. The van der Waals surface area contributed by atoms with Crippen LogP contribution < -0.4 is 0 Å². The van der Waals surface area contributed by atoms with Gasteiger partial charge in [-0.15, -0.1) is 12.4 Å². The number of aliphatic carboxylic acids is 1. The van der Waals surface area contributed by atoms with E-state index < -0.39 is 5.97 Å². The highest BCUT2D eigenvalue weighted by Crippen LogP contribution is 2.35. The molecule has 92 valence electrons. The SMILES string of the molecule is CN1CCC(C(=O)O)=C(C2CCCC2)C1.Cl. The van der Waals surface area contributed by atoms with Crippen molar-refractivity contribution in [3.05, 3.63) is 11.1 Å². The molecule has 0 unspecified atom stereocenters. The summed E-state index contributed by atoms with van der Waals surface area (Å²) in [6.07, 6.45) is 5.65. The Morgan fingerprint density at radius 3 is 2.56 bits per heavy atom. The zero-order chi connectivity index (χ0) is 10.8. The second-order valence-electron chi connectivity index (χ2n) is 4.78. The van der Waals surface area contributed by atoms with Crippen molar-refractivity contribution in [2.75, 3.05) is 20.1 Å². The second-order valence-corrected chi connectivity index (χ2v) is 4.78. The Kier molecular flexibility index (Phi) is 4.81. The molecule has 1 N–H and O–H groups in total. The number of nitrogens with zero attached hydrogens (tertiary/aromatic N) is 1. The number of likely N-dealkylation sites (N-methyl/N-ethyl adjacent to an activating group) is 1. The number of hydrogen-bond donors (Lipinski definition) is 1. The van der Waals surface area contributed by atoms with E-state index in [9.17, 15) is 9.90 Å². The molecule has 16 heavy (non-hydrogen) atoms. The molecule has 0 radical (unpaired) electrons. The molecule has 1 saturated carbocycles. The van der Waals surface area contributed by atoms with Crippen LogP contribution in [0.5, 0.6) is 0 Å². The molecule has 1 fully saturated rings. The zero-order valence-corrected chi connectivity index (χ0v) is 10.6. The van der Waals surface area contributed by atoms with Crippen LogP contribution in [-0.2, 0) is 4.79 Å². The monoisotopic (exact) mass is 245 g/mol. The van der Waals surface area contributed by atoms with Crippen molar-refractivity contribution in [2.45, 2.75) is 32.1 Å². The number of hydrogen-bond acceptors (Lipinski definition) is 2. The molecule has 4 heteroatoms. The predicted octanol–water partition coefficient (Wildman–Crippen LogP) is 2.32. The van der Waals surface area contributed by atoms with Crippen LogP contribution in [0, 0.1) is 5.92 Å². The summed E-state index contributed by atoms with van der Waals surface area (Å²) in [5, 5.41) is 9.18. The van der Waals surface area contributed by atoms with Crippen LogP contribution in [0.4, 0.5) is 0 Å². The Hall–Kier alpha value is -0.540. The normalized spacial score (nSPS) is 23.3. The van der Waals surface area contributed by atoms with Gasteiger partial charge in [0.1, 0.15) is 0 Å². The first kappa shape index (κ1) is 13.5. The number of carboxylic acids is 1. The lowest BCUT2D eigenvalue weighted by molar-refractivity contribution is -0.133. The smallest absolute Gasteiger partial charge is 0.331 e. The highest BCUT2D eigenvalue weighted by molar-refractivity contribution is 5.88. The lowest BCUT2D eigenvalue weighted by Gasteiger charge is -2.29. The van der Waals surface area contributed by atoms with E-state index >= 15 is 0 Å². The average Bonchev–Trinajstić information content (AvgIpc) is 2.69.